The molecule has 0 spiro atoms. The average Bonchev–Trinajstić information content (AvgIpc) is 2.25. The highest BCUT2D eigenvalue weighted by Gasteiger charge is 2.24. The van der Waals surface area contributed by atoms with Crippen molar-refractivity contribution in [3.8, 4) is 0 Å². The van der Waals surface area contributed by atoms with Crippen LogP contribution < -0.4 is 5.73 Å². The van der Waals surface area contributed by atoms with Crippen LogP contribution in [0.4, 0.5) is 0 Å². The van der Waals surface area contributed by atoms with Crippen LogP contribution in [0.2, 0.25) is 0 Å². The molecule has 1 atom stereocenters. The Labute approximate surface area is 83.9 Å². The van der Waals surface area contributed by atoms with E-state index in [4.69, 9.17) is 5.73 Å². The summed E-state index contributed by atoms with van der Waals surface area (Å²) in [4.78, 5) is 0.466. The number of hydrogen-bond acceptors (Lipinski definition) is 3. The van der Waals surface area contributed by atoms with Gasteiger partial charge >= 0.3 is 0 Å². The molecule has 0 bridgehead atoms. The van der Waals surface area contributed by atoms with Crippen LogP contribution in [-0.2, 0) is 16.3 Å². The van der Waals surface area contributed by atoms with Crippen molar-refractivity contribution >= 4 is 9.84 Å². The number of hydrogen-bond donors (Lipinski definition) is 1. The number of benzene rings is 1. The Balaban J connectivity index is 2.58. The van der Waals surface area contributed by atoms with Crippen LogP contribution in [0, 0.1) is 0 Å². The molecule has 0 saturated carbocycles. The lowest BCUT2D eigenvalue weighted by Gasteiger charge is -2.06. The van der Waals surface area contributed by atoms with Gasteiger partial charge in [0.2, 0.25) is 0 Å². The number of nitrogens with two attached hydrogens (primary N) is 1. The van der Waals surface area contributed by atoms with Gasteiger partial charge in [-0.2, -0.15) is 0 Å². The molecule has 0 saturated heterocycles. The zero-order valence-corrected chi connectivity index (χ0v) is 8.63. The molecule has 4 heteroatoms. The minimum Gasteiger partial charge on any atom is -0.327 e. The Morgan fingerprint density at radius 2 is 2.00 bits per heavy atom. The van der Waals surface area contributed by atoms with E-state index < -0.39 is 9.84 Å². The summed E-state index contributed by atoms with van der Waals surface area (Å²) in [5.41, 5.74) is 6.67. The van der Waals surface area contributed by atoms with Crippen LogP contribution in [0.25, 0.3) is 0 Å². The van der Waals surface area contributed by atoms with Crippen LogP contribution in [0.3, 0.4) is 0 Å². The van der Waals surface area contributed by atoms with Gasteiger partial charge in [-0.25, -0.2) is 8.42 Å². The molecule has 1 aliphatic rings. The first-order valence-electron chi connectivity index (χ1n) is 4.66. The molecule has 76 valence electrons. The summed E-state index contributed by atoms with van der Waals surface area (Å²) in [7, 11) is -3.09. The Kier molecular flexibility index (Phi) is 2.33. The highest BCUT2D eigenvalue weighted by molar-refractivity contribution is 7.91. The molecular formula is C10H13NO2S. The number of fused-ring (bicyclic) bond motifs is 1. The van der Waals surface area contributed by atoms with Gasteiger partial charge in [-0.1, -0.05) is 18.2 Å². The quantitative estimate of drug-likeness (QED) is 0.688. The second kappa shape index (κ2) is 3.37. The van der Waals surface area contributed by atoms with Gasteiger partial charge in [-0.05, 0) is 24.5 Å². The zero-order valence-electron chi connectivity index (χ0n) is 7.81. The third-order valence-corrected chi connectivity index (χ3v) is 4.39. The Morgan fingerprint density at radius 1 is 1.29 bits per heavy atom. The maximum atomic E-state index is 11.8. The first kappa shape index (κ1) is 9.68. The minimum absolute atomic E-state index is 0.0339. The third kappa shape index (κ3) is 1.67. The fourth-order valence-electron chi connectivity index (χ4n) is 1.78. The summed E-state index contributed by atoms with van der Waals surface area (Å²) < 4.78 is 23.6. The SMILES string of the molecule is NC1CCS(=O)(=O)c2ccccc2C1. The molecule has 1 heterocycles. The van der Waals surface area contributed by atoms with E-state index in [1.165, 1.54) is 0 Å². The third-order valence-electron chi connectivity index (χ3n) is 2.55. The van der Waals surface area contributed by atoms with Gasteiger partial charge in [0, 0.05) is 6.04 Å². The highest BCUT2D eigenvalue weighted by atomic mass is 32.2. The van der Waals surface area contributed by atoms with E-state index in [1.54, 1.807) is 12.1 Å². The molecule has 0 aromatic heterocycles. The lowest BCUT2D eigenvalue weighted by atomic mass is 10.1. The van der Waals surface area contributed by atoms with Crippen LogP contribution in [0.15, 0.2) is 29.2 Å². The van der Waals surface area contributed by atoms with Crippen molar-refractivity contribution < 1.29 is 8.42 Å². The number of rotatable bonds is 0. The summed E-state index contributed by atoms with van der Waals surface area (Å²) in [6, 6.07) is 7.09. The van der Waals surface area contributed by atoms with Gasteiger partial charge in [-0.3, -0.25) is 0 Å². The summed E-state index contributed by atoms with van der Waals surface area (Å²) in [5, 5.41) is 0. The maximum absolute atomic E-state index is 11.8. The highest BCUT2D eigenvalue weighted by Crippen LogP contribution is 2.23. The van der Waals surface area contributed by atoms with Crippen molar-refractivity contribution in [2.24, 2.45) is 5.73 Å². The van der Waals surface area contributed by atoms with Crippen LogP contribution in [0.5, 0.6) is 0 Å². The predicted molar refractivity (Wildman–Crippen MR) is 54.8 cm³/mol. The van der Waals surface area contributed by atoms with Crippen molar-refractivity contribution in [2.45, 2.75) is 23.8 Å². The normalized spacial score (nSPS) is 25.1. The second-order valence-corrected chi connectivity index (χ2v) is 5.76. The van der Waals surface area contributed by atoms with Crippen molar-refractivity contribution in [3.63, 3.8) is 0 Å². The van der Waals surface area contributed by atoms with E-state index in [9.17, 15) is 8.42 Å². The topological polar surface area (TPSA) is 60.2 Å². The second-order valence-electron chi connectivity index (χ2n) is 3.68. The molecule has 0 aliphatic carbocycles. The van der Waals surface area contributed by atoms with Crippen molar-refractivity contribution in [2.75, 3.05) is 5.75 Å². The lowest BCUT2D eigenvalue weighted by molar-refractivity contribution is 0.590. The van der Waals surface area contributed by atoms with E-state index in [2.05, 4.69) is 0 Å². The standard InChI is InChI=1S/C10H13NO2S/c11-9-5-6-14(12,13)10-4-2-1-3-8(10)7-9/h1-4,9H,5-7,11H2. The number of sulfone groups is 1. The van der Waals surface area contributed by atoms with Gasteiger partial charge < -0.3 is 5.73 Å². The molecule has 1 aliphatic heterocycles. The minimum atomic E-state index is -3.09. The first-order chi connectivity index (χ1) is 6.59. The van der Waals surface area contributed by atoms with Gasteiger partial charge in [0.05, 0.1) is 10.6 Å². The molecular weight excluding hydrogens is 198 g/mol. The molecule has 1 aromatic rings. The van der Waals surface area contributed by atoms with E-state index in [-0.39, 0.29) is 11.8 Å². The van der Waals surface area contributed by atoms with Crippen molar-refractivity contribution in [1.82, 2.24) is 0 Å². The Bertz CT molecular complexity index is 439. The van der Waals surface area contributed by atoms with Crippen LogP contribution >= 0.6 is 0 Å². The molecule has 0 radical (unpaired) electrons. The molecule has 3 nitrogen and oxygen atoms in total. The molecule has 2 rings (SSSR count). The largest absolute Gasteiger partial charge is 0.327 e. The zero-order chi connectivity index (χ0) is 10.2. The van der Waals surface area contributed by atoms with Gasteiger partial charge in [-0.15, -0.1) is 0 Å². The molecule has 1 aromatic carbocycles. The fraction of sp³-hybridized carbons (Fsp3) is 0.400. The van der Waals surface area contributed by atoms with Crippen molar-refractivity contribution in [3.05, 3.63) is 29.8 Å². The van der Waals surface area contributed by atoms with E-state index in [0.717, 1.165) is 5.56 Å². The summed E-state index contributed by atoms with van der Waals surface area (Å²) >= 11 is 0. The van der Waals surface area contributed by atoms with E-state index in [0.29, 0.717) is 17.7 Å². The molecule has 1 unspecified atom stereocenters. The van der Waals surface area contributed by atoms with E-state index in [1.807, 2.05) is 12.1 Å². The van der Waals surface area contributed by atoms with Crippen LogP contribution in [0.1, 0.15) is 12.0 Å². The summed E-state index contributed by atoms with van der Waals surface area (Å²) in [6.45, 7) is 0. The Morgan fingerprint density at radius 3 is 2.79 bits per heavy atom. The van der Waals surface area contributed by atoms with Gasteiger partial charge in [0.25, 0.3) is 0 Å². The summed E-state index contributed by atoms with van der Waals surface area (Å²) in [6.07, 6.45) is 1.21. The van der Waals surface area contributed by atoms with Gasteiger partial charge in [0.1, 0.15) is 0 Å². The predicted octanol–water partition coefficient (Wildman–Crippen LogP) is 0.734. The molecule has 0 fully saturated rings. The Hall–Kier alpha value is -0.870. The first-order valence-corrected chi connectivity index (χ1v) is 6.31. The molecule has 14 heavy (non-hydrogen) atoms. The lowest BCUT2D eigenvalue weighted by Crippen LogP contribution is -2.22. The van der Waals surface area contributed by atoms with Crippen LogP contribution in [-0.4, -0.2) is 20.2 Å². The summed E-state index contributed by atoms with van der Waals surface area (Å²) in [5.74, 6) is 0.172. The fourth-order valence-corrected chi connectivity index (χ4v) is 3.45. The van der Waals surface area contributed by atoms with Crippen molar-refractivity contribution in [1.29, 1.82) is 0 Å². The monoisotopic (exact) mass is 211 g/mol. The smallest absolute Gasteiger partial charge is 0.178 e. The average molecular weight is 211 g/mol. The van der Waals surface area contributed by atoms with E-state index >= 15 is 0 Å². The molecule has 0 amide bonds. The van der Waals surface area contributed by atoms with Gasteiger partial charge in [0.15, 0.2) is 9.84 Å². The molecule has 2 N–H and O–H groups in total. The maximum Gasteiger partial charge on any atom is 0.178 e.